The first kappa shape index (κ1) is 14.9. The molecule has 0 spiro atoms. The van der Waals surface area contributed by atoms with Gasteiger partial charge in [0.25, 0.3) is 0 Å². The Bertz CT molecular complexity index is 292. The average Bonchev–Trinajstić information content (AvgIpc) is 1.99. The van der Waals surface area contributed by atoms with Crippen molar-refractivity contribution in [1.82, 2.24) is 0 Å². The molecule has 0 aliphatic carbocycles. The van der Waals surface area contributed by atoms with Crippen LogP contribution >= 0.6 is 0 Å². The van der Waals surface area contributed by atoms with Crippen molar-refractivity contribution in [1.29, 1.82) is 0 Å². The second-order valence-electron chi connectivity index (χ2n) is 6.30. The molecular formula is C12H26O2S. The van der Waals surface area contributed by atoms with Gasteiger partial charge >= 0.3 is 0 Å². The molecule has 0 N–H and O–H groups in total. The maximum atomic E-state index is 11.7. The molecule has 0 saturated heterocycles. The molecule has 2 nitrogen and oxygen atoms in total. The topological polar surface area (TPSA) is 34.1 Å². The number of rotatable bonds is 4. The van der Waals surface area contributed by atoms with Crippen LogP contribution in [-0.4, -0.2) is 19.4 Å². The zero-order chi connectivity index (χ0) is 12.5. The predicted molar refractivity (Wildman–Crippen MR) is 66.8 cm³/mol. The van der Waals surface area contributed by atoms with Crippen molar-refractivity contribution >= 4 is 9.84 Å². The molecule has 0 fully saturated rings. The minimum Gasteiger partial charge on any atom is -0.229 e. The summed E-state index contributed by atoms with van der Waals surface area (Å²) in [5, 5.41) is -0.256. The van der Waals surface area contributed by atoms with Crippen molar-refractivity contribution in [3.05, 3.63) is 0 Å². The fourth-order valence-electron chi connectivity index (χ4n) is 1.01. The highest BCUT2D eigenvalue weighted by atomic mass is 32.2. The Kier molecular flexibility index (Phi) is 4.43. The fourth-order valence-corrected chi connectivity index (χ4v) is 2.27. The van der Waals surface area contributed by atoms with Gasteiger partial charge in [-0.25, -0.2) is 8.42 Å². The first-order chi connectivity index (χ1) is 6.40. The van der Waals surface area contributed by atoms with Crippen molar-refractivity contribution in [2.24, 2.45) is 10.8 Å². The van der Waals surface area contributed by atoms with E-state index in [0.29, 0.717) is 5.75 Å². The van der Waals surface area contributed by atoms with E-state index in [-0.39, 0.29) is 16.1 Å². The lowest BCUT2D eigenvalue weighted by atomic mass is 9.68. The number of hydrogen-bond donors (Lipinski definition) is 0. The van der Waals surface area contributed by atoms with Gasteiger partial charge in [0.2, 0.25) is 0 Å². The van der Waals surface area contributed by atoms with E-state index < -0.39 is 9.84 Å². The van der Waals surface area contributed by atoms with E-state index in [1.165, 1.54) is 0 Å². The summed E-state index contributed by atoms with van der Waals surface area (Å²) in [5.74, 6) is 0.301. The van der Waals surface area contributed by atoms with Crippen LogP contribution in [0, 0.1) is 10.8 Å². The molecule has 0 aliphatic rings. The molecule has 0 radical (unpaired) electrons. The highest BCUT2D eigenvalue weighted by molar-refractivity contribution is 7.91. The SMILES string of the molecule is CC(C)S(=O)(=O)CCC(C)(C)C(C)(C)C. The van der Waals surface area contributed by atoms with Crippen LogP contribution in [0.4, 0.5) is 0 Å². The largest absolute Gasteiger partial charge is 0.229 e. The van der Waals surface area contributed by atoms with Crippen LogP contribution in [0.5, 0.6) is 0 Å². The Morgan fingerprint density at radius 2 is 1.40 bits per heavy atom. The lowest BCUT2D eigenvalue weighted by molar-refractivity contribution is 0.127. The molecule has 0 aromatic heterocycles. The first-order valence-electron chi connectivity index (χ1n) is 5.62. The van der Waals surface area contributed by atoms with Crippen LogP contribution in [0.25, 0.3) is 0 Å². The normalized spacial score (nSPS) is 14.7. The van der Waals surface area contributed by atoms with Crippen LogP contribution in [-0.2, 0) is 9.84 Å². The van der Waals surface area contributed by atoms with Gasteiger partial charge in [0.1, 0.15) is 0 Å². The van der Waals surface area contributed by atoms with E-state index in [1.807, 2.05) is 0 Å². The second-order valence-corrected chi connectivity index (χ2v) is 8.98. The van der Waals surface area contributed by atoms with Crippen LogP contribution in [0.1, 0.15) is 54.9 Å². The molecule has 15 heavy (non-hydrogen) atoms. The van der Waals surface area contributed by atoms with Gasteiger partial charge in [-0.1, -0.05) is 34.6 Å². The third-order valence-electron chi connectivity index (χ3n) is 3.76. The summed E-state index contributed by atoms with van der Waals surface area (Å²) in [4.78, 5) is 0. The lowest BCUT2D eigenvalue weighted by Gasteiger charge is -2.39. The maximum absolute atomic E-state index is 11.7. The zero-order valence-electron chi connectivity index (χ0n) is 11.2. The molecular weight excluding hydrogens is 208 g/mol. The van der Waals surface area contributed by atoms with Crippen molar-refractivity contribution < 1.29 is 8.42 Å². The molecule has 0 bridgehead atoms. The molecule has 0 rings (SSSR count). The monoisotopic (exact) mass is 234 g/mol. The smallest absolute Gasteiger partial charge is 0.152 e. The minimum atomic E-state index is -2.89. The Hall–Kier alpha value is -0.0500. The summed E-state index contributed by atoms with van der Waals surface area (Å²) in [6.45, 7) is 14.3. The summed E-state index contributed by atoms with van der Waals surface area (Å²) in [7, 11) is -2.89. The van der Waals surface area contributed by atoms with Gasteiger partial charge in [0.05, 0.1) is 11.0 Å². The molecule has 0 aromatic carbocycles. The molecule has 0 saturated carbocycles. The third-order valence-corrected chi connectivity index (χ3v) is 5.97. The van der Waals surface area contributed by atoms with Crippen molar-refractivity contribution in [3.8, 4) is 0 Å². The molecule has 0 unspecified atom stereocenters. The van der Waals surface area contributed by atoms with Crippen molar-refractivity contribution in [2.45, 2.75) is 60.1 Å². The Balaban J connectivity index is 4.55. The summed E-state index contributed by atoms with van der Waals surface area (Å²) >= 11 is 0. The van der Waals surface area contributed by atoms with E-state index in [2.05, 4.69) is 34.6 Å². The lowest BCUT2D eigenvalue weighted by Crippen LogP contribution is -2.32. The van der Waals surface area contributed by atoms with Gasteiger partial charge in [-0.15, -0.1) is 0 Å². The minimum absolute atomic E-state index is 0.0506. The fraction of sp³-hybridized carbons (Fsp3) is 1.00. The summed E-state index contributed by atoms with van der Waals surface area (Å²) in [6, 6.07) is 0. The molecule has 92 valence electrons. The highest BCUT2D eigenvalue weighted by Crippen LogP contribution is 2.41. The number of sulfone groups is 1. The van der Waals surface area contributed by atoms with E-state index in [4.69, 9.17) is 0 Å². The Morgan fingerprint density at radius 3 is 1.67 bits per heavy atom. The average molecular weight is 234 g/mol. The molecule has 0 aliphatic heterocycles. The predicted octanol–water partition coefficient (Wildman–Crippen LogP) is 3.27. The quantitative estimate of drug-likeness (QED) is 0.748. The van der Waals surface area contributed by atoms with E-state index >= 15 is 0 Å². The maximum Gasteiger partial charge on any atom is 0.152 e. The van der Waals surface area contributed by atoms with Gasteiger partial charge in [-0.3, -0.25) is 0 Å². The van der Waals surface area contributed by atoms with Gasteiger partial charge in [-0.05, 0) is 31.1 Å². The molecule has 0 atom stereocenters. The summed E-state index contributed by atoms with van der Waals surface area (Å²) in [5.41, 5.74) is 0.189. The molecule has 0 heterocycles. The third kappa shape index (κ3) is 4.13. The summed E-state index contributed by atoms with van der Waals surface area (Å²) in [6.07, 6.45) is 0.733. The molecule has 3 heteroatoms. The van der Waals surface area contributed by atoms with E-state index in [9.17, 15) is 8.42 Å². The first-order valence-corrected chi connectivity index (χ1v) is 7.33. The van der Waals surface area contributed by atoms with Gasteiger partial charge in [0, 0.05) is 0 Å². The number of hydrogen-bond acceptors (Lipinski definition) is 2. The summed E-state index contributed by atoms with van der Waals surface area (Å²) < 4.78 is 23.4. The second kappa shape index (κ2) is 4.44. The van der Waals surface area contributed by atoms with Crippen LogP contribution in [0.3, 0.4) is 0 Å². The Morgan fingerprint density at radius 1 is 1.00 bits per heavy atom. The van der Waals surface area contributed by atoms with Crippen molar-refractivity contribution in [3.63, 3.8) is 0 Å². The van der Waals surface area contributed by atoms with Gasteiger partial charge in [0.15, 0.2) is 9.84 Å². The van der Waals surface area contributed by atoms with E-state index in [0.717, 1.165) is 6.42 Å². The van der Waals surface area contributed by atoms with Crippen LogP contribution in [0.15, 0.2) is 0 Å². The molecule has 0 amide bonds. The Labute approximate surface area is 95.4 Å². The van der Waals surface area contributed by atoms with Gasteiger partial charge in [-0.2, -0.15) is 0 Å². The van der Waals surface area contributed by atoms with E-state index in [1.54, 1.807) is 13.8 Å². The highest BCUT2D eigenvalue weighted by Gasteiger charge is 2.34. The molecule has 0 aromatic rings. The van der Waals surface area contributed by atoms with Crippen LogP contribution in [0.2, 0.25) is 0 Å². The zero-order valence-corrected chi connectivity index (χ0v) is 12.0. The van der Waals surface area contributed by atoms with Gasteiger partial charge < -0.3 is 0 Å². The van der Waals surface area contributed by atoms with Crippen LogP contribution < -0.4 is 0 Å². The van der Waals surface area contributed by atoms with Crippen molar-refractivity contribution in [2.75, 3.05) is 5.75 Å². The standard InChI is InChI=1S/C12H26O2S/c1-10(2)15(13,14)9-8-12(6,7)11(3,4)5/h10H,8-9H2,1-7H3.